The van der Waals surface area contributed by atoms with E-state index in [0.29, 0.717) is 11.3 Å². The molecule has 3 aromatic carbocycles. The summed E-state index contributed by atoms with van der Waals surface area (Å²) in [6.07, 6.45) is 0.578. The third-order valence-electron chi connectivity index (χ3n) is 6.70. The highest BCUT2D eigenvalue weighted by molar-refractivity contribution is 6.14. The standard InChI is InChI=1S/C28H24F3N3O3/c29-18-10-7-15(8-11-18)24(20(14-35)17-9-12-21(30)22(31)13-17)27(36)34-26-28(37)32-23-4-2-1-3-19(23)25(33-26)16-5-6-16/h1-4,7-13,16,20,24,26,35H,5-6,14H2,(H,32,37)(H,34,36)/t20-,24+,26?/m0/s1. The highest BCUT2D eigenvalue weighted by Gasteiger charge is 2.37. The van der Waals surface area contributed by atoms with Crippen LogP contribution in [-0.2, 0) is 9.59 Å². The van der Waals surface area contributed by atoms with Gasteiger partial charge in [0.25, 0.3) is 5.91 Å². The van der Waals surface area contributed by atoms with Gasteiger partial charge in [0.2, 0.25) is 12.1 Å². The van der Waals surface area contributed by atoms with Crippen molar-refractivity contribution >= 4 is 23.2 Å². The molecule has 0 radical (unpaired) electrons. The van der Waals surface area contributed by atoms with E-state index in [0.717, 1.165) is 48.4 Å². The number of nitrogens with zero attached hydrogens (tertiary/aromatic N) is 1. The number of benzene rings is 3. The van der Waals surface area contributed by atoms with Crippen LogP contribution in [0.5, 0.6) is 0 Å². The first-order chi connectivity index (χ1) is 17.9. The molecule has 0 bridgehead atoms. The number of carbonyl (C=O) groups is 2. The van der Waals surface area contributed by atoms with E-state index in [1.54, 1.807) is 12.1 Å². The molecule has 1 aliphatic heterocycles. The van der Waals surface area contributed by atoms with Crippen LogP contribution < -0.4 is 10.6 Å². The Bertz CT molecular complexity index is 1370. The Labute approximate surface area is 211 Å². The molecule has 3 aromatic rings. The molecular formula is C28H24F3N3O3. The zero-order valence-electron chi connectivity index (χ0n) is 19.6. The number of rotatable bonds is 7. The third-order valence-corrected chi connectivity index (χ3v) is 6.70. The molecule has 1 fully saturated rings. The van der Waals surface area contributed by atoms with E-state index >= 15 is 0 Å². The molecule has 1 saturated carbocycles. The number of nitrogens with one attached hydrogen (secondary N) is 2. The predicted octanol–water partition coefficient (Wildman–Crippen LogP) is 4.26. The minimum atomic E-state index is -1.26. The fourth-order valence-electron chi connectivity index (χ4n) is 4.67. The van der Waals surface area contributed by atoms with Crippen molar-refractivity contribution in [3.63, 3.8) is 0 Å². The van der Waals surface area contributed by atoms with Gasteiger partial charge in [0.05, 0.1) is 18.2 Å². The Morgan fingerprint density at radius 1 is 1.00 bits per heavy atom. The van der Waals surface area contributed by atoms with Gasteiger partial charge in [-0.3, -0.25) is 14.6 Å². The van der Waals surface area contributed by atoms with Crippen LogP contribution in [0.25, 0.3) is 0 Å². The van der Waals surface area contributed by atoms with Gasteiger partial charge in [0, 0.05) is 23.1 Å². The second-order valence-corrected chi connectivity index (χ2v) is 9.23. The van der Waals surface area contributed by atoms with Crippen molar-refractivity contribution in [1.29, 1.82) is 0 Å². The van der Waals surface area contributed by atoms with Crippen LogP contribution in [-0.4, -0.2) is 35.4 Å². The molecule has 0 saturated heterocycles. The number of halogens is 3. The van der Waals surface area contributed by atoms with E-state index in [2.05, 4.69) is 15.6 Å². The van der Waals surface area contributed by atoms with E-state index in [1.807, 2.05) is 12.1 Å². The molecule has 2 aliphatic rings. The predicted molar refractivity (Wildman–Crippen MR) is 132 cm³/mol. The zero-order chi connectivity index (χ0) is 26.1. The summed E-state index contributed by atoms with van der Waals surface area (Å²) in [5, 5.41) is 15.7. The van der Waals surface area contributed by atoms with Crippen LogP contribution in [0.2, 0.25) is 0 Å². The van der Waals surface area contributed by atoms with E-state index in [9.17, 15) is 27.9 Å². The molecule has 190 valence electrons. The van der Waals surface area contributed by atoms with Crippen LogP contribution >= 0.6 is 0 Å². The average Bonchev–Trinajstić information content (AvgIpc) is 3.74. The number of para-hydroxylation sites is 1. The molecule has 6 nitrogen and oxygen atoms in total. The summed E-state index contributed by atoms with van der Waals surface area (Å²) in [6, 6.07) is 15.5. The lowest BCUT2D eigenvalue weighted by molar-refractivity contribution is -0.127. The SMILES string of the molecule is O=C1Nc2ccccc2C(C2CC2)=NC1NC(=O)[C@H](c1ccc(F)cc1)[C@@H](CO)c1ccc(F)c(F)c1. The van der Waals surface area contributed by atoms with Crippen LogP contribution in [0, 0.1) is 23.4 Å². The topological polar surface area (TPSA) is 90.8 Å². The number of carbonyl (C=O) groups excluding carboxylic acids is 2. The van der Waals surface area contributed by atoms with E-state index in [4.69, 9.17) is 0 Å². The van der Waals surface area contributed by atoms with Crippen LogP contribution in [0.4, 0.5) is 18.9 Å². The van der Waals surface area contributed by atoms with Crippen molar-refractivity contribution in [1.82, 2.24) is 5.32 Å². The number of hydrogen-bond donors (Lipinski definition) is 3. The lowest BCUT2D eigenvalue weighted by atomic mass is 9.81. The molecule has 3 N–H and O–H groups in total. The molecule has 9 heteroatoms. The number of hydrogen-bond acceptors (Lipinski definition) is 4. The minimum absolute atomic E-state index is 0.172. The summed E-state index contributed by atoms with van der Waals surface area (Å²) in [7, 11) is 0. The molecular weight excluding hydrogens is 483 g/mol. The fraction of sp³-hybridized carbons (Fsp3) is 0.250. The normalized spacial score (nSPS) is 18.6. The van der Waals surface area contributed by atoms with Crippen LogP contribution in [0.1, 0.15) is 41.4 Å². The van der Waals surface area contributed by atoms with E-state index in [1.165, 1.54) is 18.2 Å². The summed E-state index contributed by atoms with van der Waals surface area (Å²) >= 11 is 0. The molecule has 5 rings (SSSR count). The summed E-state index contributed by atoms with van der Waals surface area (Å²) < 4.78 is 41.3. The maximum atomic E-state index is 14.0. The number of aliphatic hydroxyl groups is 1. The maximum absolute atomic E-state index is 14.0. The van der Waals surface area contributed by atoms with Crippen molar-refractivity contribution in [2.24, 2.45) is 10.9 Å². The van der Waals surface area contributed by atoms with Crippen molar-refractivity contribution in [2.75, 3.05) is 11.9 Å². The van der Waals surface area contributed by atoms with Crippen molar-refractivity contribution < 1.29 is 27.9 Å². The Hall–Kier alpha value is -3.98. The molecule has 0 aromatic heterocycles. The van der Waals surface area contributed by atoms with Gasteiger partial charge >= 0.3 is 0 Å². The lowest BCUT2D eigenvalue weighted by Crippen LogP contribution is -2.45. The summed E-state index contributed by atoms with van der Waals surface area (Å²) in [6.45, 7) is -0.598. The minimum Gasteiger partial charge on any atom is -0.396 e. The Kier molecular flexibility index (Phi) is 6.80. The number of anilines is 1. The third kappa shape index (κ3) is 5.13. The summed E-state index contributed by atoms with van der Waals surface area (Å²) in [5.74, 6) is -5.95. The number of aliphatic hydroxyl groups excluding tert-OH is 1. The second-order valence-electron chi connectivity index (χ2n) is 9.23. The zero-order valence-corrected chi connectivity index (χ0v) is 19.6. The summed E-state index contributed by atoms with van der Waals surface area (Å²) in [4.78, 5) is 31.4. The Morgan fingerprint density at radius 3 is 2.38 bits per heavy atom. The molecule has 3 atom stereocenters. The van der Waals surface area contributed by atoms with Gasteiger partial charge in [-0.25, -0.2) is 13.2 Å². The molecule has 0 spiro atoms. The first-order valence-electron chi connectivity index (χ1n) is 12.0. The quantitative estimate of drug-likeness (QED) is 0.447. The largest absolute Gasteiger partial charge is 0.396 e. The fourth-order valence-corrected chi connectivity index (χ4v) is 4.67. The number of fused-ring (bicyclic) bond motifs is 1. The van der Waals surface area contributed by atoms with Crippen molar-refractivity contribution in [3.8, 4) is 0 Å². The van der Waals surface area contributed by atoms with E-state index < -0.39 is 53.9 Å². The molecule has 1 aliphatic carbocycles. The van der Waals surface area contributed by atoms with Crippen molar-refractivity contribution in [2.45, 2.75) is 30.8 Å². The molecule has 1 unspecified atom stereocenters. The van der Waals surface area contributed by atoms with Gasteiger partial charge in [0.1, 0.15) is 5.82 Å². The van der Waals surface area contributed by atoms with E-state index in [-0.39, 0.29) is 11.5 Å². The van der Waals surface area contributed by atoms with Crippen LogP contribution in [0.15, 0.2) is 71.7 Å². The van der Waals surface area contributed by atoms with Gasteiger partial charge in [-0.2, -0.15) is 0 Å². The first-order valence-corrected chi connectivity index (χ1v) is 12.0. The van der Waals surface area contributed by atoms with Gasteiger partial charge in [-0.05, 0) is 54.3 Å². The first kappa shape index (κ1) is 24.7. The number of aliphatic imine (C=N–C) groups is 1. The average molecular weight is 508 g/mol. The Morgan fingerprint density at radius 2 is 1.70 bits per heavy atom. The molecule has 2 amide bonds. The van der Waals surface area contributed by atoms with Gasteiger partial charge in [-0.15, -0.1) is 0 Å². The molecule has 1 heterocycles. The maximum Gasteiger partial charge on any atom is 0.269 e. The molecule has 37 heavy (non-hydrogen) atoms. The highest BCUT2D eigenvalue weighted by atomic mass is 19.2. The number of benzodiazepines with no additional fused rings is 1. The lowest BCUT2D eigenvalue weighted by Gasteiger charge is -2.27. The highest BCUT2D eigenvalue weighted by Crippen LogP contribution is 2.37. The van der Waals surface area contributed by atoms with Crippen LogP contribution in [0.3, 0.4) is 0 Å². The number of amides is 2. The van der Waals surface area contributed by atoms with Gasteiger partial charge < -0.3 is 15.7 Å². The van der Waals surface area contributed by atoms with Gasteiger partial charge in [0.15, 0.2) is 11.6 Å². The monoisotopic (exact) mass is 507 g/mol. The van der Waals surface area contributed by atoms with Crippen molar-refractivity contribution in [3.05, 3.63) is 101 Å². The van der Waals surface area contributed by atoms with Gasteiger partial charge in [-0.1, -0.05) is 36.4 Å². The summed E-state index contributed by atoms with van der Waals surface area (Å²) in [5.41, 5.74) is 2.61. The second kappa shape index (κ2) is 10.2. The Balaban J connectivity index is 1.51. The smallest absolute Gasteiger partial charge is 0.269 e.